The summed E-state index contributed by atoms with van der Waals surface area (Å²) < 4.78 is 26.5. The highest BCUT2D eigenvalue weighted by atomic mass is 79.9. The summed E-state index contributed by atoms with van der Waals surface area (Å²) in [5.41, 5.74) is 1.20. The second-order valence-electron chi connectivity index (χ2n) is 4.20. The van der Waals surface area contributed by atoms with Gasteiger partial charge in [-0.3, -0.25) is 10.1 Å². The van der Waals surface area contributed by atoms with Gasteiger partial charge in [-0.05, 0) is 43.2 Å². The highest BCUT2D eigenvalue weighted by Gasteiger charge is 2.15. The summed E-state index contributed by atoms with van der Waals surface area (Å²) >= 11 is 6.27. The largest absolute Gasteiger partial charge is 0.305 e. The van der Waals surface area contributed by atoms with Gasteiger partial charge in [0.1, 0.15) is 5.82 Å². The molecule has 0 amide bonds. The van der Waals surface area contributed by atoms with Crippen molar-refractivity contribution in [1.82, 2.24) is 0 Å². The Bertz CT molecular complexity index is 679. The molecule has 0 aromatic heterocycles. The number of halogens is 4. The number of nitro benzene ring substituents is 1. The Labute approximate surface area is 144 Å². The van der Waals surface area contributed by atoms with Gasteiger partial charge in [-0.25, -0.2) is 4.39 Å². The van der Waals surface area contributed by atoms with Crippen molar-refractivity contribution in [1.29, 1.82) is 0 Å². The molecule has 0 aliphatic heterocycles. The van der Waals surface area contributed by atoms with Crippen LogP contribution in [0.1, 0.15) is 18.6 Å². The number of nitrogens with zero attached hydrogens (tertiary/aromatic N) is 1. The van der Waals surface area contributed by atoms with Gasteiger partial charge >= 0.3 is 5.69 Å². The van der Waals surface area contributed by atoms with Crippen molar-refractivity contribution >= 4 is 37.5 Å². The fraction of sp³-hybridized carbons (Fsp3) is 0.200. The zero-order chi connectivity index (χ0) is 16.2. The molecule has 2 aromatic carbocycles. The van der Waals surface area contributed by atoms with Crippen LogP contribution >= 0.6 is 31.9 Å². The van der Waals surface area contributed by atoms with E-state index in [1.165, 1.54) is 18.2 Å². The van der Waals surface area contributed by atoms with Crippen molar-refractivity contribution in [2.45, 2.75) is 21.3 Å². The molecule has 0 atom stereocenters. The Balaban J connectivity index is 0.000000397. The van der Waals surface area contributed by atoms with Crippen LogP contribution in [0.5, 0.6) is 0 Å². The van der Waals surface area contributed by atoms with E-state index in [9.17, 15) is 18.9 Å². The smallest absolute Gasteiger partial charge is 0.258 e. The Hall–Kier alpha value is -1.34. The number of benzene rings is 2. The lowest BCUT2D eigenvalue weighted by atomic mass is 10.2. The predicted octanol–water partition coefficient (Wildman–Crippen LogP) is 6.34. The molecule has 3 nitrogen and oxygen atoms in total. The molecule has 0 unspecified atom stereocenters. The lowest BCUT2D eigenvalue weighted by molar-refractivity contribution is -0.387. The molecular formula is C15H15Br2F2NO2. The van der Waals surface area contributed by atoms with Crippen molar-refractivity contribution in [3.05, 3.63) is 72.2 Å². The quantitative estimate of drug-likeness (QED) is 0.385. The van der Waals surface area contributed by atoms with Gasteiger partial charge in [-0.1, -0.05) is 45.4 Å². The summed E-state index contributed by atoms with van der Waals surface area (Å²) in [4.78, 5) is 9.49. The number of hydrogen-bond acceptors (Lipinski definition) is 2. The molecule has 0 heterocycles. The Morgan fingerprint density at radius 2 is 1.55 bits per heavy atom. The van der Waals surface area contributed by atoms with Crippen LogP contribution in [0.15, 0.2) is 39.3 Å². The van der Waals surface area contributed by atoms with E-state index in [0.29, 0.717) is 10.0 Å². The molecule has 2 aromatic rings. The van der Waals surface area contributed by atoms with Crippen molar-refractivity contribution in [3.63, 3.8) is 0 Å². The molecule has 7 heteroatoms. The molecule has 0 radical (unpaired) electrons. The van der Waals surface area contributed by atoms with Crippen molar-refractivity contribution in [2.24, 2.45) is 0 Å². The van der Waals surface area contributed by atoms with Gasteiger partial charge in [-0.15, -0.1) is 0 Å². The third-order valence-corrected chi connectivity index (χ3v) is 4.27. The Kier molecular flexibility index (Phi) is 8.40. The monoisotopic (exact) mass is 437 g/mol. The zero-order valence-electron chi connectivity index (χ0n) is 11.2. The summed E-state index contributed by atoms with van der Waals surface area (Å²) in [5, 5.41) is 10.2. The average molecular weight is 439 g/mol. The third-order valence-electron chi connectivity index (χ3n) is 2.56. The minimum atomic E-state index is -0.822. The molecule has 0 aliphatic rings. The minimum Gasteiger partial charge on any atom is -0.258 e. The molecular weight excluding hydrogens is 424 g/mol. The number of rotatable bonds is 1. The van der Waals surface area contributed by atoms with Crippen LogP contribution in [0.3, 0.4) is 0 Å². The predicted molar refractivity (Wildman–Crippen MR) is 91.1 cm³/mol. The topological polar surface area (TPSA) is 43.1 Å². The van der Waals surface area contributed by atoms with Crippen molar-refractivity contribution in [2.75, 3.05) is 0 Å². The van der Waals surface area contributed by atoms with Gasteiger partial charge in [0.25, 0.3) is 0 Å². The van der Waals surface area contributed by atoms with Crippen LogP contribution in [0.25, 0.3) is 0 Å². The molecule has 0 N–H and O–H groups in total. The third kappa shape index (κ3) is 5.81. The van der Waals surface area contributed by atoms with E-state index in [1.807, 2.05) is 6.92 Å². The molecule has 0 saturated heterocycles. The van der Waals surface area contributed by atoms with Crippen LogP contribution in [0, 0.1) is 35.6 Å². The van der Waals surface area contributed by atoms with E-state index < -0.39 is 16.4 Å². The maximum Gasteiger partial charge on any atom is 0.305 e. The van der Waals surface area contributed by atoms with E-state index in [1.54, 1.807) is 13.0 Å². The molecule has 0 spiro atoms. The first-order valence-electron chi connectivity index (χ1n) is 5.74. The van der Waals surface area contributed by atoms with Crippen LogP contribution < -0.4 is 0 Å². The molecule has 0 saturated carbocycles. The molecule has 22 heavy (non-hydrogen) atoms. The number of aryl methyl sites for hydroxylation is 2. The van der Waals surface area contributed by atoms with E-state index >= 15 is 0 Å². The van der Waals surface area contributed by atoms with Crippen LogP contribution in [0.4, 0.5) is 14.5 Å². The van der Waals surface area contributed by atoms with Gasteiger partial charge in [0.2, 0.25) is 5.82 Å². The first-order chi connectivity index (χ1) is 9.72. The fourth-order valence-electron chi connectivity index (χ4n) is 1.35. The highest BCUT2D eigenvalue weighted by Crippen LogP contribution is 2.25. The maximum atomic E-state index is 12.8. The first kappa shape index (κ1) is 20.7. The van der Waals surface area contributed by atoms with E-state index in [0.717, 1.165) is 16.1 Å². The normalized spacial score (nSPS) is 9.36. The fourth-order valence-corrected chi connectivity index (χ4v) is 2.02. The zero-order valence-corrected chi connectivity index (χ0v) is 14.3. The van der Waals surface area contributed by atoms with E-state index in [4.69, 9.17) is 0 Å². The second-order valence-corrected chi connectivity index (χ2v) is 5.91. The van der Waals surface area contributed by atoms with Gasteiger partial charge in [0.15, 0.2) is 0 Å². The van der Waals surface area contributed by atoms with Crippen molar-refractivity contribution in [3.8, 4) is 0 Å². The van der Waals surface area contributed by atoms with Crippen LogP contribution in [-0.2, 0) is 0 Å². The van der Waals surface area contributed by atoms with Gasteiger partial charge < -0.3 is 0 Å². The summed E-state index contributed by atoms with van der Waals surface area (Å²) in [6.45, 7) is 3.58. The van der Waals surface area contributed by atoms with Gasteiger partial charge in [0.05, 0.1) is 4.92 Å². The average Bonchev–Trinajstić information content (AvgIpc) is 2.39. The summed E-state index contributed by atoms with van der Waals surface area (Å²) in [7, 11) is 0. The summed E-state index contributed by atoms with van der Waals surface area (Å²) in [5.74, 6) is -1.02. The molecule has 0 aliphatic carbocycles. The number of nitro groups is 1. The standard InChI is InChI=1S/C7H5BrFNO2.C7H6BrF.CH4/c1-4-2-7(10(11)12)6(9)3-5(4)8;1-5-2-3-6(9)4-7(5)8;/h2-3H,1H3;2-4H,1H3;1H4. The molecule has 0 fully saturated rings. The molecule has 0 bridgehead atoms. The number of hydrogen-bond donors (Lipinski definition) is 0. The van der Waals surface area contributed by atoms with Crippen molar-refractivity contribution < 1.29 is 13.7 Å². The lowest BCUT2D eigenvalue weighted by Crippen LogP contribution is -1.93. The lowest BCUT2D eigenvalue weighted by Gasteiger charge is -1.98. The molecule has 2 rings (SSSR count). The Morgan fingerprint density at radius 1 is 1.00 bits per heavy atom. The summed E-state index contributed by atoms with van der Waals surface area (Å²) in [6, 6.07) is 6.92. The van der Waals surface area contributed by atoms with E-state index in [2.05, 4.69) is 31.9 Å². The Morgan fingerprint density at radius 3 is 2.00 bits per heavy atom. The second kappa shape index (κ2) is 8.95. The van der Waals surface area contributed by atoms with E-state index in [-0.39, 0.29) is 13.2 Å². The van der Waals surface area contributed by atoms with Crippen LogP contribution in [0.2, 0.25) is 0 Å². The maximum absolute atomic E-state index is 12.8. The van der Waals surface area contributed by atoms with Gasteiger partial charge in [0, 0.05) is 15.0 Å². The molecule has 120 valence electrons. The van der Waals surface area contributed by atoms with Gasteiger partial charge in [-0.2, -0.15) is 4.39 Å². The van der Waals surface area contributed by atoms with Crippen LogP contribution in [-0.4, -0.2) is 4.92 Å². The first-order valence-corrected chi connectivity index (χ1v) is 7.32. The highest BCUT2D eigenvalue weighted by molar-refractivity contribution is 9.10. The minimum absolute atomic E-state index is 0. The summed E-state index contributed by atoms with van der Waals surface area (Å²) in [6.07, 6.45) is 0. The SMILES string of the molecule is C.Cc1cc([N+](=O)[O-])c(F)cc1Br.Cc1ccc(F)cc1Br.